The molecule has 0 radical (unpaired) electrons. The first-order valence-corrected chi connectivity index (χ1v) is 5.95. The predicted octanol–water partition coefficient (Wildman–Crippen LogP) is 2.65. The molecular formula is C15H15FN2O. The van der Waals surface area contributed by atoms with Crippen molar-refractivity contribution in [3.63, 3.8) is 0 Å². The molecule has 0 aliphatic rings. The number of amides is 1. The second kappa shape index (κ2) is 5.52. The lowest BCUT2D eigenvalue weighted by molar-refractivity contribution is 0.0951. The summed E-state index contributed by atoms with van der Waals surface area (Å²) in [6, 6.07) is 11.4. The number of rotatable bonds is 3. The largest absolute Gasteiger partial charge is 0.398 e. The maximum Gasteiger partial charge on any atom is 0.253 e. The van der Waals surface area contributed by atoms with Crippen LogP contribution in [0.25, 0.3) is 0 Å². The zero-order valence-corrected chi connectivity index (χ0v) is 10.6. The van der Waals surface area contributed by atoms with Gasteiger partial charge in [0, 0.05) is 12.2 Å². The number of halogens is 1. The standard InChI is InChI=1S/C15H15FN2O/c1-10-5-6-14(17)13(7-10)15(19)18-9-11-3-2-4-12(16)8-11/h2-8H,9,17H2,1H3,(H,18,19). The molecule has 0 heterocycles. The fraction of sp³-hybridized carbons (Fsp3) is 0.133. The third-order valence-corrected chi connectivity index (χ3v) is 2.80. The first-order chi connectivity index (χ1) is 9.06. The van der Waals surface area contributed by atoms with Gasteiger partial charge in [-0.05, 0) is 36.8 Å². The number of hydrogen-bond acceptors (Lipinski definition) is 2. The highest BCUT2D eigenvalue weighted by molar-refractivity contribution is 5.99. The van der Waals surface area contributed by atoms with Crippen molar-refractivity contribution in [3.8, 4) is 0 Å². The molecule has 0 saturated heterocycles. The predicted molar refractivity (Wildman–Crippen MR) is 73.2 cm³/mol. The zero-order chi connectivity index (χ0) is 13.8. The van der Waals surface area contributed by atoms with Gasteiger partial charge in [0.15, 0.2) is 0 Å². The summed E-state index contributed by atoms with van der Waals surface area (Å²) in [7, 11) is 0. The van der Waals surface area contributed by atoms with Crippen molar-refractivity contribution >= 4 is 11.6 Å². The Morgan fingerprint density at radius 1 is 1.26 bits per heavy atom. The molecule has 3 nitrogen and oxygen atoms in total. The minimum atomic E-state index is -0.318. The van der Waals surface area contributed by atoms with Crippen LogP contribution in [0, 0.1) is 12.7 Å². The molecule has 19 heavy (non-hydrogen) atoms. The van der Waals surface area contributed by atoms with E-state index in [4.69, 9.17) is 5.73 Å². The maximum atomic E-state index is 13.0. The van der Waals surface area contributed by atoms with Crippen LogP contribution in [-0.2, 0) is 6.54 Å². The molecule has 2 rings (SSSR count). The molecule has 2 aromatic rings. The Labute approximate surface area is 111 Å². The second-order valence-electron chi connectivity index (χ2n) is 4.40. The van der Waals surface area contributed by atoms with Crippen molar-refractivity contribution in [1.82, 2.24) is 5.32 Å². The van der Waals surface area contributed by atoms with Gasteiger partial charge in [-0.2, -0.15) is 0 Å². The van der Waals surface area contributed by atoms with E-state index >= 15 is 0 Å². The van der Waals surface area contributed by atoms with E-state index in [0.29, 0.717) is 16.8 Å². The van der Waals surface area contributed by atoms with E-state index in [1.807, 2.05) is 13.0 Å². The first-order valence-electron chi connectivity index (χ1n) is 5.95. The molecule has 0 unspecified atom stereocenters. The van der Waals surface area contributed by atoms with Crippen LogP contribution in [-0.4, -0.2) is 5.91 Å². The van der Waals surface area contributed by atoms with Crippen molar-refractivity contribution in [2.45, 2.75) is 13.5 Å². The highest BCUT2D eigenvalue weighted by Crippen LogP contribution is 2.13. The summed E-state index contributed by atoms with van der Waals surface area (Å²) in [5.74, 6) is -0.577. The SMILES string of the molecule is Cc1ccc(N)c(C(=O)NCc2cccc(F)c2)c1. The van der Waals surface area contributed by atoms with Crippen LogP contribution in [0.2, 0.25) is 0 Å². The summed E-state index contributed by atoms with van der Waals surface area (Å²) in [4.78, 5) is 12.0. The van der Waals surface area contributed by atoms with Gasteiger partial charge in [0.25, 0.3) is 5.91 Å². The highest BCUT2D eigenvalue weighted by atomic mass is 19.1. The second-order valence-corrected chi connectivity index (χ2v) is 4.40. The summed E-state index contributed by atoms with van der Waals surface area (Å²) >= 11 is 0. The Kier molecular flexibility index (Phi) is 3.80. The van der Waals surface area contributed by atoms with Crippen molar-refractivity contribution in [2.75, 3.05) is 5.73 Å². The van der Waals surface area contributed by atoms with Gasteiger partial charge < -0.3 is 11.1 Å². The Morgan fingerprint density at radius 2 is 2.05 bits per heavy atom. The molecule has 0 spiro atoms. The van der Waals surface area contributed by atoms with E-state index in [2.05, 4.69) is 5.32 Å². The van der Waals surface area contributed by atoms with E-state index in [1.54, 1.807) is 24.3 Å². The molecule has 0 aliphatic carbocycles. The smallest absolute Gasteiger partial charge is 0.253 e. The van der Waals surface area contributed by atoms with Gasteiger partial charge in [-0.15, -0.1) is 0 Å². The van der Waals surface area contributed by atoms with Crippen molar-refractivity contribution in [2.24, 2.45) is 0 Å². The topological polar surface area (TPSA) is 55.1 Å². The van der Waals surface area contributed by atoms with Crippen LogP contribution >= 0.6 is 0 Å². The number of nitrogen functional groups attached to an aromatic ring is 1. The molecule has 0 atom stereocenters. The number of aryl methyl sites for hydroxylation is 1. The molecule has 0 saturated carbocycles. The monoisotopic (exact) mass is 258 g/mol. The Morgan fingerprint density at radius 3 is 2.79 bits per heavy atom. The lowest BCUT2D eigenvalue weighted by Gasteiger charge is -2.08. The van der Waals surface area contributed by atoms with Crippen LogP contribution in [0.4, 0.5) is 10.1 Å². The van der Waals surface area contributed by atoms with E-state index in [1.165, 1.54) is 12.1 Å². The van der Waals surface area contributed by atoms with Gasteiger partial charge in [0.1, 0.15) is 5.82 Å². The molecule has 4 heteroatoms. The Bertz CT molecular complexity index is 611. The van der Waals surface area contributed by atoms with E-state index in [-0.39, 0.29) is 18.3 Å². The number of benzene rings is 2. The van der Waals surface area contributed by atoms with Gasteiger partial charge >= 0.3 is 0 Å². The molecule has 1 amide bonds. The number of nitrogens with one attached hydrogen (secondary N) is 1. The summed E-state index contributed by atoms with van der Waals surface area (Å²) < 4.78 is 13.0. The van der Waals surface area contributed by atoms with Gasteiger partial charge in [-0.3, -0.25) is 4.79 Å². The van der Waals surface area contributed by atoms with Gasteiger partial charge in [-0.25, -0.2) is 4.39 Å². The quantitative estimate of drug-likeness (QED) is 0.831. The van der Waals surface area contributed by atoms with E-state index < -0.39 is 0 Å². The number of carbonyl (C=O) groups excluding carboxylic acids is 1. The van der Waals surface area contributed by atoms with Gasteiger partial charge in [0.05, 0.1) is 5.56 Å². The van der Waals surface area contributed by atoms with E-state index in [0.717, 1.165) is 5.56 Å². The van der Waals surface area contributed by atoms with Crippen molar-refractivity contribution < 1.29 is 9.18 Å². The number of nitrogens with two attached hydrogens (primary N) is 1. The molecule has 3 N–H and O–H groups in total. The van der Waals surface area contributed by atoms with Crippen molar-refractivity contribution in [3.05, 3.63) is 65.0 Å². The fourth-order valence-electron chi connectivity index (χ4n) is 1.79. The minimum Gasteiger partial charge on any atom is -0.398 e. The van der Waals surface area contributed by atoms with Crippen LogP contribution in [0.5, 0.6) is 0 Å². The highest BCUT2D eigenvalue weighted by Gasteiger charge is 2.09. The fourth-order valence-corrected chi connectivity index (χ4v) is 1.79. The van der Waals surface area contributed by atoms with Crippen LogP contribution in [0.15, 0.2) is 42.5 Å². The number of carbonyl (C=O) groups is 1. The number of anilines is 1. The molecule has 0 aromatic heterocycles. The minimum absolute atomic E-state index is 0.259. The maximum absolute atomic E-state index is 13.0. The molecule has 0 aliphatic heterocycles. The molecule has 98 valence electrons. The molecule has 2 aromatic carbocycles. The average Bonchev–Trinajstić information content (AvgIpc) is 2.39. The van der Waals surface area contributed by atoms with Crippen LogP contribution < -0.4 is 11.1 Å². The summed E-state index contributed by atoms with van der Waals surface area (Å²) in [6.45, 7) is 2.16. The zero-order valence-electron chi connectivity index (χ0n) is 10.6. The third kappa shape index (κ3) is 3.31. The molecular weight excluding hydrogens is 243 g/mol. The third-order valence-electron chi connectivity index (χ3n) is 2.80. The normalized spacial score (nSPS) is 10.2. The Balaban J connectivity index is 2.07. The van der Waals surface area contributed by atoms with Gasteiger partial charge in [-0.1, -0.05) is 23.8 Å². The lowest BCUT2D eigenvalue weighted by Crippen LogP contribution is -2.23. The average molecular weight is 258 g/mol. The molecule has 0 fully saturated rings. The lowest BCUT2D eigenvalue weighted by atomic mass is 10.1. The Hall–Kier alpha value is -2.36. The van der Waals surface area contributed by atoms with Crippen LogP contribution in [0.3, 0.4) is 0 Å². The van der Waals surface area contributed by atoms with Crippen molar-refractivity contribution in [1.29, 1.82) is 0 Å². The van der Waals surface area contributed by atoms with Gasteiger partial charge in [0.2, 0.25) is 0 Å². The summed E-state index contributed by atoms with van der Waals surface area (Å²) in [5.41, 5.74) is 8.31. The summed E-state index contributed by atoms with van der Waals surface area (Å²) in [5, 5.41) is 2.72. The molecule has 0 bridgehead atoms. The first kappa shape index (κ1) is 13.1. The number of hydrogen-bond donors (Lipinski definition) is 2. The van der Waals surface area contributed by atoms with Crippen LogP contribution in [0.1, 0.15) is 21.5 Å². The van der Waals surface area contributed by atoms with E-state index in [9.17, 15) is 9.18 Å². The summed E-state index contributed by atoms with van der Waals surface area (Å²) in [6.07, 6.45) is 0.